The van der Waals surface area contributed by atoms with Gasteiger partial charge >= 0.3 is 0 Å². The van der Waals surface area contributed by atoms with E-state index in [2.05, 4.69) is 20.5 Å². The van der Waals surface area contributed by atoms with Crippen LogP contribution in [0.4, 0.5) is 5.82 Å². The Labute approximate surface area is 133 Å². The van der Waals surface area contributed by atoms with Gasteiger partial charge in [-0.2, -0.15) is 5.10 Å². The summed E-state index contributed by atoms with van der Waals surface area (Å²) in [6, 6.07) is 13.3. The zero-order chi connectivity index (χ0) is 16.1. The Hall–Kier alpha value is -3.15. The average molecular weight is 308 g/mol. The first-order valence-corrected chi connectivity index (χ1v) is 7.02. The molecule has 1 heterocycles. The molecule has 0 saturated carbocycles. The van der Waals surface area contributed by atoms with Crippen molar-refractivity contribution in [3.05, 3.63) is 54.4 Å². The molecule has 0 amide bonds. The maximum absolute atomic E-state index is 5.27. The zero-order valence-corrected chi connectivity index (χ0v) is 12.9. The molecule has 0 saturated heterocycles. The summed E-state index contributed by atoms with van der Waals surface area (Å²) in [7, 11) is 3.21. The molecule has 1 aromatic heterocycles. The standard InChI is InChI=1S/C17H16N4O2/c1-22-15-8-7-12(9-16(15)23-2)10-20-21-17-13-5-3-4-6-14(13)18-11-19-17/h3-11H,1-2H3,(H,18,19,21)/b20-10-. The van der Waals surface area contributed by atoms with Gasteiger partial charge in [0.25, 0.3) is 0 Å². The molecule has 1 N–H and O–H groups in total. The van der Waals surface area contributed by atoms with Crippen molar-refractivity contribution in [3.63, 3.8) is 0 Å². The lowest BCUT2D eigenvalue weighted by Gasteiger charge is -2.07. The number of hydrogen-bond acceptors (Lipinski definition) is 6. The van der Waals surface area contributed by atoms with Crippen LogP contribution in [0, 0.1) is 0 Å². The number of nitrogens with one attached hydrogen (secondary N) is 1. The molecule has 23 heavy (non-hydrogen) atoms. The molecule has 6 nitrogen and oxygen atoms in total. The third-order valence-electron chi connectivity index (χ3n) is 3.33. The number of ether oxygens (including phenoxy) is 2. The van der Waals surface area contributed by atoms with Crippen molar-refractivity contribution in [2.24, 2.45) is 5.10 Å². The van der Waals surface area contributed by atoms with E-state index >= 15 is 0 Å². The van der Waals surface area contributed by atoms with Gasteiger partial charge in [0.1, 0.15) is 6.33 Å². The van der Waals surface area contributed by atoms with Crippen molar-refractivity contribution in [3.8, 4) is 11.5 Å². The minimum atomic E-state index is 0.656. The molecule has 6 heteroatoms. The molecule has 116 valence electrons. The van der Waals surface area contributed by atoms with Gasteiger partial charge in [-0.1, -0.05) is 12.1 Å². The number of hydrogen-bond donors (Lipinski definition) is 1. The summed E-state index contributed by atoms with van der Waals surface area (Å²) in [6.07, 6.45) is 3.20. The molecule has 0 aliphatic heterocycles. The summed E-state index contributed by atoms with van der Waals surface area (Å²) < 4.78 is 10.5. The fourth-order valence-electron chi connectivity index (χ4n) is 2.19. The van der Waals surface area contributed by atoms with Crippen molar-refractivity contribution < 1.29 is 9.47 Å². The number of hydrazone groups is 1. The predicted molar refractivity (Wildman–Crippen MR) is 90.3 cm³/mol. The fourth-order valence-corrected chi connectivity index (χ4v) is 2.19. The highest BCUT2D eigenvalue weighted by Crippen LogP contribution is 2.27. The average Bonchev–Trinajstić information content (AvgIpc) is 2.61. The Morgan fingerprint density at radius 1 is 1.00 bits per heavy atom. The van der Waals surface area contributed by atoms with E-state index < -0.39 is 0 Å². The van der Waals surface area contributed by atoms with Crippen molar-refractivity contribution in [1.82, 2.24) is 9.97 Å². The predicted octanol–water partition coefficient (Wildman–Crippen LogP) is 3.09. The highest BCUT2D eigenvalue weighted by Gasteiger charge is 2.03. The second kappa shape index (κ2) is 6.74. The van der Waals surface area contributed by atoms with Gasteiger partial charge in [0.2, 0.25) is 0 Å². The summed E-state index contributed by atoms with van der Waals surface area (Å²) >= 11 is 0. The first-order valence-electron chi connectivity index (χ1n) is 7.02. The normalized spacial score (nSPS) is 10.9. The summed E-state index contributed by atoms with van der Waals surface area (Å²) in [6.45, 7) is 0. The lowest BCUT2D eigenvalue weighted by Crippen LogP contribution is -1.96. The van der Waals surface area contributed by atoms with Crippen LogP contribution in [0.3, 0.4) is 0 Å². The minimum Gasteiger partial charge on any atom is -0.493 e. The largest absolute Gasteiger partial charge is 0.493 e. The van der Waals surface area contributed by atoms with Crippen LogP contribution in [-0.2, 0) is 0 Å². The van der Waals surface area contributed by atoms with E-state index in [1.807, 2.05) is 42.5 Å². The second-order valence-corrected chi connectivity index (χ2v) is 4.72. The highest BCUT2D eigenvalue weighted by atomic mass is 16.5. The van der Waals surface area contributed by atoms with Crippen LogP contribution < -0.4 is 14.9 Å². The maximum Gasteiger partial charge on any atom is 0.161 e. The number of benzene rings is 2. The third-order valence-corrected chi connectivity index (χ3v) is 3.33. The van der Waals surface area contributed by atoms with Gasteiger partial charge in [-0.25, -0.2) is 9.97 Å². The molecule has 0 spiro atoms. The van der Waals surface area contributed by atoms with Crippen molar-refractivity contribution in [1.29, 1.82) is 0 Å². The van der Waals surface area contributed by atoms with Gasteiger partial charge in [0.15, 0.2) is 17.3 Å². The molecule has 0 aliphatic rings. The molecule has 0 radical (unpaired) electrons. The Kier molecular flexibility index (Phi) is 4.33. The minimum absolute atomic E-state index is 0.656. The first kappa shape index (κ1) is 14.8. The fraction of sp³-hybridized carbons (Fsp3) is 0.118. The second-order valence-electron chi connectivity index (χ2n) is 4.72. The Bertz CT molecular complexity index is 844. The summed E-state index contributed by atoms with van der Waals surface area (Å²) in [4.78, 5) is 8.43. The van der Waals surface area contributed by atoms with Crippen LogP contribution >= 0.6 is 0 Å². The number of anilines is 1. The third kappa shape index (κ3) is 3.21. The van der Waals surface area contributed by atoms with Crippen LogP contribution in [0.25, 0.3) is 10.9 Å². The van der Waals surface area contributed by atoms with Gasteiger partial charge in [-0.3, -0.25) is 5.43 Å². The molecular weight excluding hydrogens is 292 g/mol. The molecule has 0 aliphatic carbocycles. The number of para-hydroxylation sites is 1. The van der Waals surface area contributed by atoms with Gasteiger partial charge in [0.05, 0.1) is 26.0 Å². The molecule has 0 atom stereocenters. The molecule has 0 unspecified atom stereocenters. The van der Waals surface area contributed by atoms with E-state index in [1.54, 1.807) is 20.4 Å². The van der Waals surface area contributed by atoms with Gasteiger partial charge in [0, 0.05) is 5.39 Å². The van der Waals surface area contributed by atoms with E-state index in [0.717, 1.165) is 16.5 Å². The van der Waals surface area contributed by atoms with Crippen molar-refractivity contribution in [2.45, 2.75) is 0 Å². The molecule has 3 aromatic rings. The number of fused-ring (bicyclic) bond motifs is 1. The Morgan fingerprint density at radius 2 is 1.83 bits per heavy atom. The quantitative estimate of drug-likeness (QED) is 0.579. The van der Waals surface area contributed by atoms with Gasteiger partial charge in [-0.05, 0) is 35.9 Å². The van der Waals surface area contributed by atoms with E-state index in [-0.39, 0.29) is 0 Å². The summed E-state index contributed by atoms with van der Waals surface area (Å²) in [5, 5.41) is 5.15. The molecule has 0 bridgehead atoms. The molecular formula is C17H16N4O2. The highest BCUT2D eigenvalue weighted by molar-refractivity contribution is 5.89. The molecule has 0 fully saturated rings. The number of rotatable bonds is 5. The number of aromatic nitrogens is 2. The number of methoxy groups -OCH3 is 2. The van der Waals surface area contributed by atoms with E-state index in [9.17, 15) is 0 Å². The monoisotopic (exact) mass is 308 g/mol. The van der Waals surface area contributed by atoms with Crippen LogP contribution in [0.5, 0.6) is 11.5 Å². The van der Waals surface area contributed by atoms with Crippen molar-refractivity contribution in [2.75, 3.05) is 19.6 Å². The van der Waals surface area contributed by atoms with E-state index in [1.165, 1.54) is 6.33 Å². The lowest BCUT2D eigenvalue weighted by atomic mass is 10.2. The SMILES string of the molecule is COc1ccc(/C=N\Nc2ncnc3ccccc23)cc1OC. The topological polar surface area (TPSA) is 68.6 Å². The molecule has 2 aromatic carbocycles. The maximum atomic E-state index is 5.27. The van der Waals surface area contributed by atoms with Gasteiger partial charge < -0.3 is 9.47 Å². The smallest absolute Gasteiger partial charge is 0.161 e. The zero-order valence-electron chi connectivity index (χ0n) is 12.9. The summed E-state index contributed by atoms with van der Waals surface area (Å²) in [5.74, 6) is 2.00. The van der Waals surface area contributed by atoms with Crippen LogP contribution in [0.2, 0.25) is 0 Å². The van der Waals surface area contributed by atoms with Crippen LogP contribution in [-0.4, -0.2) is 30.4 Å². The van der Waals surface area contributed by atoms with Crippen molar-refractivity contribution >= 4 is 22.9 Å². The lowest BCUT2D eigenvalue weighted by molar-refractivity contribution is 0.355. The Balaban J connectivity index is 1.81. The Morgan fingerprint density at radius 3 is 2.65 bits per heavy atom. The van der Waals surface area contributed by atoms with Crippen LogP contribution in [0.15, 0.2) is 53.9 Å². The van der Waals surface area contributed by atoms with E-state index in [4.69, 9.17) is 9.47 Å². The van der Waals surface area contributed by atoms with E-state index in [0.29, 0.717) is 17.3 Å². The van der Waals surface area contributed by atoms with Gasteiger partial charge in [-0.15, -0.1) is 0 Å². The molecule has 3 rings (SSSR count). The first-order chi connectivity index (χ1) is 11.3. The summed E-state index contributed by atoms with van der Waals surface area (Å²) in [5.41, 5.74) is 4.70. The van der Waals surface area contributed by atoms with Crippen LogP contribution in [0.1, 0.15) is 5.56 Å². The number of nitrogens with zero attached hydrogens (tertiary/aromatic N) is 3.